The summed E-state index contributed by atoms with van der Waals surface area (Å²) < 4.78 is 27.5. The normalized spacial score (nSPS) is 21.2. The van der Waals surface area contributed by atoms with Crippen LogP contribution in [0.25, 0.3) is 0 Å². The van der Waals surface area contributed by atoms with E-state index in [1.165, 1.54) is 6.92 Å². The third kappa shape index (κ3) is 6.45. The first-order chi connectivity index (χ1) is 16.6. The second-order valence-electron chi connectivity index (χ2n) is 7.35. The van der Waals surface area contributed by atoms with Crippen LogP contribution in [-0.4, -0.2) is 70.7 Å². The summed E-state index contributed by atoms with van der Waals surface area (Å²) in [5.74, 6) is -3.20. The third-order valence-electron chi connectivity index (χ3n) is 4.66. The molecule has 1 aromatic carbocycles. The Bertz CT molecular complexity index is 1120. The first-order valence-electron chi connectivity index (χ1n) is 10.3. The highest BCUT2D eigenvalue weighted by molar-refractivity contribution is 6.30. The summed E-state index contributed by atoms with van der Waals surface area (Å²) in [7, 11) is 1.15. The lowest BCUT2D eigenvalue weighted by atomic mass is 10.1. The highest BCUT2D eigenvalue weighted by Crippen LogP contribution is 2.35. The number of rotatable bonds is 8. The summed E-state index contributed by atoms with van der Waals surface area (Å²) >= 11 is 6.01. The van der Waals surface area contributed by atoms with Crippen LogP contribution in [0, 0.1) is 0 Å². The van der Waals surface area contributed by atoms with Crippen molar-refractivity contribution in [3.63, 3.8) is 0 Å². The maximum atomic E-state index is 12.5. The number of benzene rings is 1. The van der Waals surface area contributed by atoms with Crippen LogP contribution >= 0.6 is 11.6 Å². The van der Waals surface area contributed by atoms with Crippen molar-refractivity contribution in [3.8, 4) is 0 Å². The van der Waals surface area contributed by atoms with E-state index in [1.54, 1.807) is 24.3 Å². The van der Waals surface area contributed by atoms with Crippen molar-refractivity contribution in [3.05, 3.63) is 35.1 Å². The molecular weight excluding hydrogens is 488 g/mol. The number of aromatic nitrogens is 3. The number of hydrogen-bond donors (Lipinski definition) is 1. The average molecular weight is 511 g/mol. The van der Waals surface area contributed by atoms with E-state index in [-0.39, 0.29) is 18.4 Å². The Morgan fingerprint density at radius 1 is 1.09 bits per heavy atom. The smallest absolute Gasteiger partial charge is 0.376 e. The number of carbonyl (C=O) groups is 4. The summed E-state index contributed by atoms with van der Waals surface area (Å²) in [5.41, 5.74) is 0.528. The van der Waals surface area contributed by atoms with E-state index in [1.807, 2.05) is 0 Å². The lowest BCUT2D eigenvalue weighted by molar-refractivity contribution is -0.166. The van der Waals surface area contributed by atoms with Crippen LogP contribution in [0.2, 0.25) is 5.02 Å². The molecule has 13 nitrogen and oxygen atoms in total. The monoisotopic (exact) mass is 510 g/mol. The maximum Gasteiger partial charge on any atom is 0.376 e. The van der Waals surface area contributed by atoms with Gasteiger partial charge in [0.2, 0.25) is 11.8 Å². The van der Waals surface area contributed by atoms with Gasteiger partial charge in [-0.1, -0.05) is 17.7 Å². The lowest BCUT2D eigenvalue weighted by Crippen LogP contribution is -2.41. The first kappa shape index (κ1) is 25.9. The highest BCUT2D eigenvalue weighted by atomic mass is 35.5. The minimum Gasteiger partial charge on any atom is -0.463 e. The molecule has 3 rings (SSSR count). The molecule has 1 aliphatic heterocycles. The number of anilines is 2. The fraction of sp³-hybridized carbons (Fsp3) is 0.429. The van der Waals surface area contributed by atoms with Gasteiger partial charge in [-0.3, -0.25) is 14.4 Å². The molecule has 1 saturated heterocycles. The number of hydrogen-bond acceptors (Lipinski definition) is 12. The fourth-order valence-electron chi connectivity index (χ4n) is 3.37. The van der Waals surface area contributed by atoms with Crippen molar-refractivity contribution in [1.82, 2.24) is 14.8 Å². The Kier molecular flexibility index (Phi) is 8.25. The topological polar surface area (TPSA) is 157 Å². The van der Waals surface area contributed by atoms with Crippen molar-refractivity contribution < 1.29 is 42.9 Å². The Balaban J connectivity index is 2.03. The van der Waals surface area contributed by atoms with E-state index < -0.39 is 48.4 Å². The van der Waals surface area contributed by atoms with Crippen molar-refractivity contribution in [2.75, 3.05) is 19.0 Å². The quantitative estimate of drug-likeness (QED) is 0.406. The predicted molar refractivity (Wildman–Crippen MR) is 118 cm³/mol. The van der Waals surface area contributed by atoms with Crippen LogP contribution in [-0.2, 0) is 38.1 Å². The van der Waals surface area contributed by atoms with E-state index in [0.717, 1.165) is 25.6 Å². The second kappa shape index (κ2) is 11.1. The van der Waals surface area contributed by atoms with Crippen LogP contribution in [0.5, 0.6) is 0 Å². The Morgan fingerprint density at radius 3 is 2.37 bits per heavy atom. The molecule has 14 heteroatoms. The van der Waals surface area contributed by atoms with Gasteiger partial charge in [0.15, 0.2) is 18.4 Å². The summed E-state index contributed by atoms with van der Waals surface area (Å²) in [4.78, 5) is 51.6. The molecule has 0 radical (unpaired) electrons. The molecule has 1 N–H and O–H groups in total. The van der Waals surface area contributed by atoms with Gasteiger partial charge in [-0.25, -0.2) is 9.48 Å². The largest absolute Gasteiger partial charge is 0.463 e. The summed E-state index contributed by atoms with van der Waals surface area (Å²) in [6.07, 6.45) is -4.78. The molecule has 0 amide bonds. The van der Waals surface area contributed by atoms with E-state index in [2.05, 4.69) is 15.4 Å². The van der Waals surface area contributed by atoms with Gasteiger partial charge in [0.1, 0.15) is 12.7 Å². The van der Waals surface area contributed by atoms with Gasteiger partial charge < -0.3 is 29.0 Å². The van der Waals surface area contributed by atoms with Crippen LogP contribution in [0.3, 0.4) is 0 Å². The maximum absolute atomic E-state index is 12.5. The summed E-state index contributed by atoms with van der Waals surface area (Å²) in [6.45, 7) is 3.17. The van der Waals surface area contributed by atoms with Crippen LogP contribution < -0.4 is 5.32 Å². The van der Waals surface area contributed by atoms with E-state index in [9.17, 15) is 19.2 Å². The lowest BCUT2D eigenvalue weighted by Gasteiger charge is -2.23. The summed E-state index contributed by atoms with van der Waals surface area (Å²) in [5, 5.41) is 7.63. The van der Waals surface area contributed by atoms with Crippen molar-refractivity contribution in [1.29, 1.82) is 0 Å². The number of methoxy groups -OCH3 is 1. The molecule has 1 aliphatic rings. The number of nitrogens with one attached hydrogen (secondary N) is 1. The van der Waals surface area contributed by atoms with Gasteiger partial charge >= 0.3 is 23.9 Å². The molecule has 1 aromatic heterocycles. The van der Waals surface area contributed by atoms with E-state index in [0.29, 0.717) is 10.7 Å². The molecule has 0 spiro atoms. The molecule has 35 heavy (non-hydrogen) atoms. The Labute approximate surface area is 204 Å². The van der Waals surface area contributed by atoms with E-state index in [4.69, 9.17) is 35.3 Å². The second-order valence-corrected chi connectivity index (χ2v) is 7.78. The van der Waals surface area contributed by atoms with Crippen LogP contribution in [0.15, 0.2) is 24.3 Å². The highest BCUT2D eigenvalue weighted by Gasteiger charge is 2.52. The SMILES string of the molecule is COC(=O)c1nc(Nc2cccc(Cl)c2)nn1[C@@H]1O[C@H](COC(C)=O)[C@@H](OC(C)=O)[C@H]1OC(C)=O. The molecule has 4 atom stereocenters. The molecule has 0 aliphatic carbocycles. The van der Waals surface area contributed by atoms with Gasteiger partial charge in [-0.2, -0.15) is 4.98 Å². The molecule has 0 unspecified atom stereocenters. The van der Waals surface area contributed by atoms with Crippen LogP contribution in [0.1, 0.15) is 37.6 Å². The van der Waals surface area contributed by atoms with Gasteiger partial charge in [0, 0.05) is 31.5 Å². The van der Waals surface area contributed by atoms with Crippen LogP contribution in [0.4, 0.5) is 11.6 Å². The molecule has 1 fully saturated rings. The standard InChI is InChI=1S/C21H23ClN4O9/c1-10(27)32-9-15-16(33-11(2)28)17(34-12(3)29)19(35-15)26-18(20(30)31-4)24-21(25-26)23-14-7-5-6-13(22)8-14/h5-8,15-17,19H,9H2,1-4H3,(H,23,25)/t15-,16-,17-,19-/m1/s1. The first-order valence-corrected chi connectivity index (χ1v) is 10.7. The number of carbonyl (C=O) groups excluding carboxylic acids is 4. The number of esters is 4. The minimum absolute atomic E-state index is 0.0229. The number of nitrogens with zero attached hydrogens (tertiary/aromatic N) is 3. The third-order valence-corrected chi connectivity index (χ3v) is 4.90. The van der Waals surface area contributed by atoms with Crippen molar-refractivity contribution in [2.24, 2.45) is 0 Å². The number of halogens is 1. The van der Waals surface area contributed by atoms with Gasteiger partial charge in [-0.15, -0.1) is 5.10 Å². The average Bonchev–Trinajstić information content (AvgIpc) is 3.32. The zero-order chi connectivity index (χ0) is 25.7. The van der Waals surface area contributed by atoms with E-state index >= 15 is 0 Å². The van der Waals surface area contributed by atoms with Gasteiger partial charge in [-0.05, 0) is 18.2 Å². The molecule has 2 aromatic rings. The fourth-order valence-corrected chi connectivity index (χ4v) is 3.56. The predicted octanol–water partition coefficient (Wildman–Crippen LogP) is 1.79. The van der Waals surface area contributed by atoms with Gasteiger partial charge in [0.25, 0.3) is 0 Å². The molecule has 2 heterocycles. The molecule has 0 saturated carbocycles. The Morgan fingerprint density at radius 2 is 1.77 bits per heavy atom. The molecular formula is C21H23ClN4O9. The minimum atomic E-state index is -1.29. The zero-order valence-electron chi connectivity index (χ0n) is 19.2. The Hall–Kier alpha value is -3.71. The van der Waals surface area contributed by atoms with Crippen molar-refractivity contribution >= 4 is 47.1 Å². The van der Waals surface area contributed by atoms with Crippen molar-refractivity contribution in [2.45, 2.75) is 45.3 Å². The zero-order valence-corrected chi connectivity index (χ0v) is 20.0. The van der Waals surface area contributed by atoms with Gasteiger partial charge in [0.05, 0.1) is 7.11 Å². The number of ether oxygens (including phenoxy) is 5. The molecule has 188 valence electrons. The summed E-state index contributed by atoms with van der Waals surface area (Å²) in [6, 6.07) is 6.68. The molecule has 0 bridgehead atoms.